The van der Waals surface area contributed by atoms with Crippen LogP contribution in [0.5, 0.6) is 0 Å². The van der Waals surface area contributed by atoms with Crippen molar-refractivity contribution in [1.29, 1.82) is 0 Å². The van der Waals surface area contributed by atoms with E-state index in [4.69, 9.17) is 23.2 Å². The molecule has 0 saturated heterocycles. The molecule has 0 aliphatic carbocycles. The topological polar surface area (TPSA) is 86.8 Å². The molecule has 0 heterocycles. The van der Waals surface area contributed by atoms with Crippen molar-refractivity contribution in [2.75, 3.05) is 23.7 Å². The number of carbonyl (C=O) groups is 2. The number of carbonyl (C=O) groups excluding carboxylic acids is 2. The van der Waals surface area contributed by atoms with Crippen LogP contribution in [0.3, 0.4) is 0 Å². The van der Waals surface area contributed by atoms with Gasteiger partial charge in [-0.3, -0.25) is 13.9 Å². The van der Waals surface area contributed by atoms with E-state index < -0.39 is 46.1 Å². The first-order chi connectivity index (χ1) is 16.9. The van der Waals surface area contributed by atoms with Crippen LogP contribution in [0.15, 0.2) is 36.4 Å². The quantitative estimate of drug-likeness (QED) is 0.377. The van der Waals surface area contributed by atoms with Crippen molar-refractivity contribution >= 4 is 50.7 Å². The Balaban J connectivity index is 2.45. The second kappa shape index (κ2) is 13.2. The average molecular weight is 564 g/mol. The summed E-state index contributed by atoms with van der Waals surface area (Å²) < 4.78 is 53.0. The Morgan fingerprint density at radius 2 is 1.72 bits per heavy atom. The van der Waals surface area contributed by atoms with E-state index >= 15 is 0 Å². The van der Waals surface area contributed by atoms with E-state index in [1.807, 2.05) is 6.92 Å². The van der Waals surface area contributed by atoms with Gasteiger partial charge in [0.05, 0.1) is 22.0 Å². The summed E-state index contributed by atoms with van der Waals surface area (Å²) in [6.45, 7) is 3.32. The molecular formula is C24H29Cl2F2N3O4S. The molecule has 0 aliphatic heterocycles. The SMILES string of the molecule is CCCCNC(=O)C(CC)N(Cc1ccc(Cl)c(Cl)c1)C(=O)CN(c1ccc(F)c(F)c1)S(C)(=O)=O. The summed E-state index contributed by atoms with van der Waals surface area (Å²) in [5.74, 6) is -3.52. The van der Waals surface area contributed by atoms with Crippen LogP contribution >= 0.6 is 23.2 Å². The van der Waals surface area contributed by atoms with Crippen molar-refractivity contribution in [3.63, 3.8) is 0 Å². The van der Waals surface area contributed by atoms with Gasteiger partial charge in [-0.2, -0.15) is 0 Å². The van der Waals surface area contributed by atoms with E-state index in [1.165, 1.54) is 4.90 Å². The van der Waals surface area contributed by atoms with Crippen molar-refractivity contribution in [2.24, 2.45) is 0 Å². The van der Waals surface area contributed by atoms with Crippen LogP contribution in [0.2, 0.25) is 10.0 Å². The molecule has 0 spiro atoms. The van der Waals surface area contributed by atoms with Crippen LogP contribution in [0.25, 0.3) is 0 Å². The number of anilines is 1. The molecule has 36 heavy (non-hydrogen) atoms. The van der Waals surface area contributed by atoms with Gasteiger partial charge in [-0.25, -0.2) is 17.2 Å². The zero-order valence-electron chi connectivity index (χ0n) is 20.2. The highest BCUT2D eigenvalue weighted by Crippen LogP contribution is 2.25. The lowest BCUT2D eigenvalue weighted by molar-refractivity contribution is -0.140. The fraction of sp³-hybridized carbons (Fsp3) is 0.417. The van der Waals surface area contributed by atoms with Crippen LogP contribution < -0.4 is 9.62 Å². The molecule has 198 valence electrons. The first-order valence-corrected chi connectivity index (χ1v) is 13.9. The largest absolute Gasteiger partial charge is 0.354 e. The highest BCUT2D eigenvalue weighted by atomic mass is 35.5. The van der Waals surface area contributed by atoms with Crippen LogP contribution in [-0.4, -0.2) is 50.5 Å². The molecule has 2 aromatic rings. The summed E-state index contributed by atoms with van der Waals surface area (Å²) in [5.41, 5.74) is 0.343. The lowest BCUT2D eigenvalue weighted by Gasteiger charge is -2.33. The Kier molecular flexibility index (Phi) is 10.9. The number of hydrogen-bond acceptors (Lipinski definition) is 4. The summed E-state index contributed by atoms with van der Waals surface area (Å²) in [6, 6.07) is 6.35. The van der Waals surface area contributed by atoms with Crippen molar-refractivity contribution in [3.8, 4) is 0 Å². The molecule has 2 aromatic carbocycles. The van der Waals surface area contributed by atoms with Gasteiger partial charge in [-0.1, -0.05) is 49.5 Å². The first-order valence-electron chi connectivity index (χ1n) is 11.3. The van der Waals surface area contributed by atoms with E-state index in [9.17, 15) is 26.8 Å². The van der Waals surface area contributed by atoms with Gasteiger partial charge in [-0.05, 0) is 42.7 Å². The normalized spacial score (nSPS) is 12.2. The number of hydrogen-bond donors (Lipinski definition) is 1. The van der Waals surface area contributed by atoms with Gasteiger partial charge in [0.2, 0.25) is 21.8 Å². The Morgan fingerprint density at radius 1 is 1.03 bits per heavy atom. The first kappa shape index (κ1) is 29.8. The maximum atomic E-state index is 13.8. The average Bonchev–Trinajstić information content (AvgIpc) is 2.80. The molecule has 2 amide bonds. The number of unbranched alkanes of at least 4 members (excludes halogenated alkanes) is 1. The molecule has 0 bridgehead atoms. The van der Waals surface area contributed by atoms with Gasteiger partial charge in [0.25, 0.3) is 0 Å². The summed E-state index contributed by atoms with van der Waals surface area (Å²) in [7, 11) is -4.07. The maximum absolute atomic E-state index is 13.8. The number of nitrogens with one attached hydrogen (secondary N) is 1. The molecule has 0 saturated carbocycles. The second-order valence-electron chi connectivity index (χ2n) is 8.21. The molecule has 1 unspecified atom stereocenters. The standard InChI is InChI=1S/C24H29Cl2F2N3O4S/c1-4-6-11-29-24(33)22(5-2)30(14-16-7-9-18(25)19(26)12-16)23(32)15-31(36(3,34)35)17-8-10-20(27)21(28)13-17/h7-10,12-13,22H,4-6,11,14-15H2,1-3H3,(H,29,33). The zero-order valence-corrected chi connectivity index (χ0v) is 22.6. The smallest absolute Gasteiger partial charge is 0.244 e. The van der Waals surface area contributed by atoms with Crippen molar-refractivity contribution in [1.82, 2.24) is 10.2 Å². The van der Waals surface area contributed by atoms with Crippen molar-refractivity contribution in [3.05, 3.63) is 63.6 Å². The van der Waals surface area contributed by atoms with Gasteiger partial charge in [0, 0.05) is 19.2 Å². The van der Waals surface area contributed by atoms with E-state index in [0.29, 0.717) is 27.5 Å². The number of nitrogens with zero attached hydrogens (tertiary/aromatic N) is 2. The molecule has 1 atom stereocenters. The Bertz CT molecular complexity index is 1200. The minimum atomic E-state index is -4.07. The third-order valence-corrected chi connectivity index (χ3v) is 7.30. The summed E-state index contributed by atoms with van der Waals surface area (Å²) in [4.78, 5) is 27.7. The third-order valence-electron chi connectivity index (χ3n) is 5.42. The molecular weight excluding hydrogens is 535 g/mol. The zero-order chi connectivity index (χ0) is 27.0. The van der Waals surface area contributed by atoms with Crippen LogP contribution in [0, 0.1) is 11.6 Å². The van der Waals surface area contributed by atoms with E-state index in [-0.39, 0.29) is 23.7 Å². The Labute approximate surface area is 220 Å². The molecule has 0 aromatic heterocycles. The molecule has 7 nitrogen and oxygen atoms in total. The molecule has 0 fully saturated rings. The van der Waals surface area contributed by atoms with E-state index in [2.05, 4.69) is 5.32 Å². The number of rotatable bonds is 12. The maximum Gasteiger partial charge on any atom is 0.244 e. The highest BCUT2D eigenvalue weighted by Gasteiger charge is 2.32. The molecule has 12 heteroatoms. The van der Waals surface area contributed by atoms with Crippen LogP contribution in [0.4, 0.5) is 14.5 Å². The molecule has 0 aliphatic rings. The fourth-order valence-electron chi connectivity index (χ4n) is 3.51. The summed E-state index contributed by atoms with van der Waals surface area (Å²) >= 11 is 12.1. The van der Waals surface area contributed by atoms with E-state index in [0.717, 1.165) is 31.2 Å². The molecule has 1 N–H and O–H groups in total. The van der Waals surface area contributed by atoms with Crippen molar-refractivity contribution < 1.29 is 26.8 Å². The predicted molar refractivity (Wildman–Crippen MR) is 138 cm³/mol. The minimum Gasteiger partial charge on any atom is -0.354 e. The highest BCUT2D eigenvalue weighted by molar-refractivity contribution is 7.92. The van der Waals surface area contributed by atoms with Crippen LogP contribution in [-0.2, 0) is 26.2 Å². The predicted octanol–water partition coefficient (Wildman–Crippen LogP) is 4.76. The Hall–Kier alpha value is -2.43. The molecule has 0 radical (unpaired) electrons. The minimum absolute atomic E-state index is 0.0647. The lowest BCUT2D eigenvalue weighted by Crippen LogP contribution is -2.52. The van der Waals surface area contributed by atoms with Gasteiger partial charge < -0.3 is 10.2 Å². The Morgan fingerprint density at radius 3 is 2.28 bits per heavy atom. The van der Waals surface area contributed by atoms with Gasteiger partial charge in [-0.15, -0.1) is 0 Å². The van der Waals surface area contributed by atoms with E-state index in [1.54, 1.807) is 25.1 Å². The number of amides is 2. The van der Waals surface area contributed by atoms with Crippen molar-refractivity contribution in [2.45, 2.75) is 45.7 Å². The van der Waals surface area contributed by atoms with Gasteiger partial charge in [0.15, 0.2) is 11.6 Å². The van der Waals surface area contributed by atoms with Crippen LogP contribution in [0.1, 0.15) is 38.7 Å². The fourth-order valence-corrected chi connectivity index (χ4v) is 4.68. The lowest BCUT2D eigenvalue weighted by atomic mass is 10.1. The van der Waals surface area contributed by atoms with Gasteiger partial charge in [0.1, 0.15) is 12.6 Å². The molecule has 2 rings (SSSR count). The summed E-state index contributed by atoms with van der Waals surface area (Å²) in [6.07, 6.45) is 2.70. The monoisotopic (exact) mass is 563 g/mol. The third kappa shape index (κ3) is 8.04. The number of halogens is 4. The van der Waals surface area contributed by atoms with Gasteiger partial charge >= 0.3 is 0 Å². The second-order valence-corrected chi connectivity index (χ2v) is 10.9. The number of sulfonamides is 1. The summed E-state index contributed by atoms with van der Waals surface area (Å²) in [5, 5.41) is 3.36. The number of benzene rings is 2.